The van der Waals surface area contributed by atoms with Crippen LogP contribution in [-0.4, -0.2) is 14.9 Å². The molecule has 2 rings (SSSR count). The highest BCUT2D eigenvalue weighted by Crippen LogP contribution is 2.25. The van der Waals surface area contributed by atoms with Crippen molar-refractivity contribution < 1.29 is 4.92 Å². The number of nitro benzene ring substituents is 1. The Morgan fingerprint density at radius 2 is 2.28 bits per heavy atom. The number of aromatic amines is 1. The third-order valence-corrected chi connectivity index (χ3v) is 3.00. The molecule has 1 N–H and O–H groups in total. The second-order valence-electron chi connectivity index (χ2n) is 3.72. The van der Waals surface area contributed by atoms with E-state index in [1.807, 2.05) is 13.0 Å². The number of nitrogens with one attached hydrogen (secondary N) is 1. The first-order valence-electron chi connectivity index (χ1n) is 5.45. The highest BCUT2D eigenvalue weighted by molar-refractivity contribution is 7.71. The second kappa shape index (κ2) is 5.05. The molecule has 0 saturated carbocycles. The zero-order valence-electron chi connectivity index (χ0n) is 9.71. The minimum atomic E-state index is -0.412. The van der Waals surface area contributed by atoms with Gasteiger partial charge in [0.25, 0.3) is 5.69 Å². The summed E-state index contributed by atoms with van der Waals surface area (Å²) in [5.41, 5.74) is 2.49. The monoisotopic (exact) mass is 261 g/mol. The standard InChI is InChI=1S/C12H11N3O2S/c1-2-10-11(13-7-14-12(10)18)8-4-3-5-9(6-8)15(16)17/h3-7H,2H2,1H3,(H,13,14,18). The van der Waals surface area contributed by atoms with Crippen LogP contribution >= 0.6 is 12.2 Å². The van der Waals surface area contributed by atoms with Gasteiger partial charge in [0.05, 0.1) is 16.9 Å². The smallest absolute Gasteiger partial charge is 0.270 e. The van der Waals surface area contributed by atoms with Gasteiger partial charge in [0, 0.05) is 23.3 Å². The van der Waals surface area contributed by atoms with Crippen LogP contribution in [0.4, 0.5) is 5.69 Å². The molecule has 0 aliphatic carbocycles. The summed E-state index contributed by atoms with van der Waals surface area (Å²) >= 11 is 5.16. The molecule has 5 nitrogen and oxygen atoms in total. The van der Waals surface area contributed by atoms with Gasteiger partial charge in [-0.3, -0.25) is 10.1 Å². The Morgan fingerprint density at radius 1 is 1.50 bits per heavy atom. The summed E-state index contributed by atoms with van der Waals surface area (Å²) in [6.07, 6.45) is 2.23. The number of benzene rings is 1. The molecular formula is C12H11N3O2S. The van der Waals surface area contributed by atoms with Gasteiger partial charge in [-0.15, -0.1) is 0 Å². The molecule has 6 heteroatoms. The third-order valence-electron chi connectivity index (χ3n) is 2.65. The molecule has 1 heterocycles. The van der Waals surface area contributed by atoms with Crippen molar-refractivity contribution in [1.29, 1.82) is 0 Å². The van der Waals surface area contributed by atoms with E-state index in [0.717, 1.165) is 23.2 Å². The summed E-state index contributed by atoms with van der Waals surface area (Å²) < 4.78 is 0.526. The van der Waals surface area contributed by atoms with Crippen molar-refractivity contribution in [1.82, 2.24) is 9.97 Å². The Balaban J connectivity index is 2.62. The van der Waals surface area contributed by atoms with Gasteiger partial charge >= 0.3 is 0 Å². The van der Waals surface area contributed by atoms with Crippen LogP contribution in [0.15, 0.2) is 30.6 Å². The van der Waals surface area contributed by atoms with Crippen molar-refractivity contribution in [2.45, 2.75) is 13.3 Å². The van der Waals surface area contributed by atoms with Crippen LogP contribution < -0.4 is 0 Å². The molecule has 0 amide bonds. The normalized spacial score (nSPS) is 10.3. The molecular weight excluding hydrogens is 250 g/mol. The lowest BCUT2D eigenvalue weighted by Gasteiger charge is -2.07. The summed E-state index contributed by atoms with van der Waals surface area (Å²) in [5.74, 6) is 0. The average molecular weight is 261 g/mol. The van der Waals surface area contributed by atoms with Crippen molar-refractivity contribution in [2.24, 2.45) is 0 Å². The van der Waals surface area contributed by atoms with Gasteiger partial charge in [-0.25, -0.2) is 4.98 Å². The van der Waals surface area contributed by atoms with Crippen LogP contribution in [0.3, 0.4) is 0 Å². The van der Waals surface area contributed by atoms with E-state index in [9.17, 15) is 10.1 Å². The maximum atomic E-state index is 10.8. The van der Waals surface area contributed by atoms with Crippen molar-refractivity contribution in [2.75, 3.05) is 0 Å². The molecule has 0 aliphatic heterocycles. The molecule has 0 aliphatic rings. The van der Waals surface area contributed by atoms with E-state index >= 15 is 0 Å². The number of H-pyrrole nitrogens is 1. The molecule has 0 spiro atoms. The minimum Gasteiger partial charge on any atom is -0.346 e. The van der Waals surface area contributed by atoms with E-state index < -0.39 is 4.92 Å². The van der Waals surface area contributed by atoms with Crippen LogP contribution in [0.1, 0.15) is 12.5 Å². The van der Waals surface area contributed by atoms with E-state index in [2.05, 4.69) is 9.97 Å². The average Bonchev–Trinajstić information content (AvgIpc) is 2.38. The molecule has 1 aromatic carbocycles. The lowest BCUT2D eigenvalue weighted by atomic mass is 10.1. The van der Waals surface area contributed by atoms with E-state index in [-0.39, 0.29) is 5.69 Å². The highest BCUT2D eigenvalue weighted by atomic mass is 32.1. The Labute approximate surface area is 109 Å². The Morgan fingerprint density at radius 3 is 2.94 bits per heavy atom. The summed E-state index contributed by atoms with van der Waals surface area (Å²) in [4.78, 5) is 17.4. The maximum absolute atomic E-state index is 10.8. The molecule has 2 aromatic rings. The molecule has 18 heavy (non-hydrogen) atoms. The predicted octanol–water partition coefficient (Wildman–Crippen LogP) is 3.28. The summed E-state index contributed by atoms with van der Waals surface area (Å²) in [7, 11) is 0. The third kappa shape index (κ3) is 2.28. The molecule has 0 unspecified atom stereocenters. The van der Waals surface area contributed by atoms with Crippen LogP contribution in [0, 0.1) is 14.8 Å². The Kier molecular flexibility index (Phi) is 3.47. The first-order chi connectivity index (χ1) is 8.63. The maximum Gasteiger partial charge on any atom is 0.270 e. The van der Waals surface area contributed by atoms with Gasteiger partial charge in [0.15, 0.2) is 0 Å². The topological polar surface area (TPSA) is 71.8 Å². The number of non-ortho nitro benzene ring substituents is 1. The Hall–Kier alpha value is -2.08. The minimum absolute atomic E-state index is 0.0608. The fourth-order valence-corrected chi connectivity index (χ4v) is 2.09. The fourth-order valence-electron chi connectivity index (χ4n) is 1.79. The summed E-state index contributed by atoms with van der Waals surface area (Å²) in [6.45, 7) is 1.97. The molecule has 1 aromatic heterocycles. The van der Waals surface area contributed by atoms with Gasteiger partial charge in [-0.1, -0.05) is 31.3 Å². The van der Waals surface area contributed by atoms with Crippen molar-refractivity contribution in [3.63, 3.8) is 0 Å². The quantitative estimate of drug-likeness (QED) is 0.523. The molecule has 0 fully saturated rings. The van der Waals surface area contributed by atoms with Crippen molar-refractivity contribution in [3.8, 4) is 11.3 Å². The van der Waals surface area contributed by atoms with E-state index in [0.29, 0.717) is 4.64 Å². The zero-order chi connectivity index (χ0) is 13.1. The Bertz CT molecular complexity index is 652. The number of hydrogen-bond donors (Lipinski definition) is 1. The van der Waals surface area contributed by atoms with Crippen molar-refractivity contribution in [3.05, 3.63) is 50.9 Å². The van der Waals surface area contributed by atoms with Gasteiger partial charge in [-0.2, -0.15) is 0 Å². The summed E-state index contributed by atoms with van der Waals surface area (Å²) in [6, 6.07) is 6.46. The second-order valence-corrected chi connectivity index (χ2v) is 4.11. The lowest BCUT2D eigenvalue weighted by molar-refractivity contribution is -0.384. The fraction of sp³-hybridized carbons (Fsp3) is 0.167. The van der Waals surface area contributed by atoms with Crippen LogP contribution in [0.25, 0.3) is 11.3 Å². The van der Waals surface area contributed by atoms with Crippen molar-refractivity contribution >= 4 is 17.9 Å². The van der Waals surface area contributed by atoms with Gasteiger partial charge < -0.3 is 4.98 Å². The van der Waals surface area contributed by atoms with Gasteiger partial charge in [0.1, 0.15) is 4.64 Å². The van der Waals surface area contributed by atoms with Gasteiger partial charge in [-0.05, 0) is 6.42 Å². The number of nitrogens with zero attached hydrogens (tertiary/aromatic N) is 2. The zero-order valence-corrected chi connectivity index (χ0v) is 10.5. The van der Waals surface area contributed by atoms with Crippen LogP contribution in [0.2, 0.25) is 0 Å². The number of nitro groups is 1. The van der Waals surface area contributed by atoms with E-state index in [4.69, 9.17) is 12.2 Å². The molecule has 0 bridgehead atoms. The molecule has 92 valence electrons. The van der Waals surface area contributed by atoms with Gasteiger partial charge in [0.2, 0.25) is 0 Å². The number of hydrogen-bond acceptors (Lipinski definition) is 4. The van der Waals surface area contributed by atoms with Crippen LogP contribution in [0.5, 0.6) is 0 Å². The predicted molar refractivity (Wildman–Crippen MR) is 70.9 cm³/mol. The summed E-state index contributed by atoms with van der Waals surface area (Å²) in [5, 5.41) is 10.8. The molecule has 0 saturated heterocycles. The van der Waals surface area contributed by atoms with E-state index in [1.165, 1.54) is 18.5 Å². The van der Waals surface area contributed by atoms with E-state index in [1.54, 1.807) is 6.07 Å². The number of aromatic nitrogens is 2. The first kappa shape index (κ1) is 12.4. The molecule has 0 radical (unpaired) electrons. The SMILES string of the molecule is CCc1c(-c2cccc([N+](=O)[O-])c2)[nH]cnc1=S. The lowest BCUT2D eigenvalue weighted by Crippen LogP contribution is -1.96. The first-order valence-corrected chi connectivity index (χ1v) is 5.85. The number of rotatable bonds is 3. The highest BCUT2D eigenvalue weighted by Gasteiger charge is 2.10. The molecule has 0 atom stereocenters. The van der Waals surface area contributed by atoms with Crippen LogP contribution in [-0.2, 0) is 6.42 Å². The largest absolute Gasteiger partial charge is 0.346 e.